The smallest absolute Gasteiger partial charge is 0.271 e. The lowest BCUT2D eigenvalue weighted by atomic mass is 10.0. The summed E-state index contributed by atoms with van der Waals surface area (Å²) in [5, 5.41) is 4.92. The van der Waals surface area contributed by atoms with Crippen LogP contribution in [0.2, 0.25) is 5.02 Å². The number of carbonyl (C=O) groups excluding carboxylic acids is 1. The minimum absolute atomic E-state index is 0.0831. The molecule has 0 bridgehead atoms. The molecule has 136 valence electrons. The summed E-state index contributed by atoms with van der Waals surface area (Å²) in [6.45, 7) is 5.25. The molecule has 0 saturated carbocycles. The normalized spacial score (nSPS) is 16.9. The van der Waals surface area contributed by atoms with E-state index in [0.717, 1.165) is 32.0 Å². The Morgan fingerprint density at radius 3 is 2.58 bits per heavy atom. The third-order valence-electron chi connectivity index (χ3n) is 4.51. The number of morpholine rings is 1. The molecule has 6 heteroatoms. The molecule has 3 rings (SSSR count). The molecule has 1 amide bonds. The Balaban J connectivity index is 1.79. The van der Waals surface area contributed by atoms with Gasteiger partial charge in [-0.25, -0.2) is 5.43 Å². The summed E-state index contributed by atoms with van der Waals surface area (Å²) in [4.78, 5) is 13.7. The average molecular weight is 373 g/mol. The van der Waals surface area contributed by atoms with E-state index >= 15 is 0 Å². The molecule has 5 nitrogen and oxygen atoms in total. The maximum Gasteiger partial charge on any atom is 0.271 e. The fourth-order valence-corrected chi connectivity index (χ4v) is 3.43. The van der Waals surface area contributed by atoms with Gasteiger partial charge in [-0.2, -0.15) is 5.10 Å². The largest absolute Gasteiger partial charge is 0.370 e. The number of ether oxygens (including phenoxy) is 1. The van der Waals surface area contributed by atoms with Crippen molar-refractivity contribution in [1.82, 2.24) is 5.43 Å². The second-order valence-electron chi connectivity index (χ2n) is 6.32. The highest BCUT2D eigenvalue weighted by molar-refractivity contribution is 6.30. The van der Waals surface area contributed by atoms with Crippen LogP contribution in [0.15, 0.2) is 59.7 Å². The van der Waals surface area contributed by atoms with Crippen molar-refractivity contribution in [3.63, 3.8) is 0 Å². The number of carbonyl (C=O) groups is 1. The Bertz CT molecular complexity index is 774. The highest BCUT2D eigenvalue weighted by atomic mass is 35.5. The van der Waals surface area contributed by atoms with E-state index in [1.54, 1.807) is 24.3 Å². The zero-order valence-corrected chi connectivity index (χ0v) is 15.5. The number of hydrogen-bond acceptors (Lipinski definition) is 3. The monoisotopic (exact) mass is 372 g/mol. The Kier molecular flexibility index (Phi) is 6.39. The van der Waals surface area contributed by atoms with Crippen molar-refractivity contribution in [2.75, 3.05) is 26.3 Å². The molecule has 0 unspecified atom stereocenters. The average Bonchev–Trinajstić information content (AvgIpc) is 2.68. The number of hydrazone groups is 1. The number of nitrogens with one attached hydrogen (secondary N) is 2. The third-order valence-corrected chi connectivity index (χ3v) is 4.75. The Morgan fingerprint density at radius 2 is 1.88 bits per heavy atom. The van der Waals surface area contributed by atoms with Gasteiger partial charge in [0.05, 0.1) is 18.9 Å². The molecule has 2 aromatic rings. The molecule has 0 radical (unpaired) electrons. The number of halogens is 1. The molecule has 1 saturated heterocycles. The number of hydrogen-bond donors (Lipinski definition) is 2. The predicted octanol–water partition coefficient (Wildman–Crippen LogP) is 2.10. The first-order chi connectivity index (χ1) is 12.6. The van der Waals surface area contributed by atoms with Crippen molar-refractivity contribution in [1.29, 1.82) is 0 Å². The highest BCUT2D eigenvalue weighted by Crippen LogP contribution is 2.13. The van der Waals surface area contributed by atoms with Crippen LogP contribution < -0.4 is 10.3 Å². The van der Waals surface area contributed by atoms with Gasteiger partial charge in [0, 0.05) is 16.1 Å². The van der Waals surface area contributed by atoms with Crippen LogP contribution in [0, 0.1) is 0 Å². The van der Waals surface area contributed by atoms with E-state index in [-0.39, 0.29) is 11.9 Å². The van der Waals surface area contributed by atoms with Crippen LogP contribution in [-0.2, 0) is 4.74 Å². The maximum absolute atomic E-state index is 12.3. The molecule has 2 aromatic carbocycles. The van der Waals surface area contributed by atoms with Crippen LogP contribution in [-0.4, -0.2) is 37.9 Å². The van der Waals surface area contributed by atoms with E-state index in [9.17, 15) is 4.79 Å². The van der Waals surface area contributed by atoms with Gasteiger partial charge in [0.2, 0.25) is 0 Å². The Hall–Kier alpha value is -2.21. The van der Waals surface area contributed by atoms with E-state index in [4.69, 9.17) is 16.3 Å². The second kappa shape index (κ2) is 8.94. The van der Waals surface area contributed by atoms with E-state index in [1.165, 1.54) is 10.5 Å². The molecule has 0 spiro atoms. The molecule has 26 heavy (non-hydrogen) atoms. The first kappa shape index (κ1) is 18.6. The van der Waals surface area contributed by atoms with Crippen molar-refractivity contribution < 1.29 is 14.4 Å². The van der Waals surface area contributed by atoms with Gasteiger partial charge in [-0.15, -0.1) is 0 Å². The van der Waals surface area contributed by atoms with E-state index in [2.05, 4.69) is 22.7 Å². The van der Waals surface area contributed by atoms with Gasteiger partial charge in [0.25, 0.3) is 5.91 Å². The highest BCUT2D eigenvalue weighted by Gasteiger charge is 2.29. The van der Waals surface area contributed by atoms with Crippen LogP contribution in [0.4, 0.5) is 0 Å². The molecular formula is C20H23ClN3O2+. The summed E-state index contributed by atoms with van der Waals surface area (Å²) < 4.78 is 5.49. The lowest BCUT2D eigenvalue weighted by Gasteiger charge is -2.31. The van der Waals surface area contributed by atoms with Crippen LogP contribution in [0.1, 0.15) is 28.9 Å². The Morgan fingerprint density at radius 1 is 1.15 bits per heavy atom. The van der Waals surface area contributed by atoms with Gasteiger partial charge in [0.15, 0.2) is 6.04 Å². The zero-order valence-electron chi connectivity index (χ0n) is 14.7. The van der Waals surface area contributed by atoms with Gasteiger partial charge in [-0.1, -0.05) is 48.0 Å². The molecule has 1 fully saturated rings. The molecule has 1 atom stereocenters. The van der Waals surface area contributed by atoms with Crippen LogP contribution in [0.3, 0.4) is 0 Å². The van der Waals surface area contributed by atoms with Crippen molar-refractivity contribution in [2.45, 2.75) is 13.0 Å². The molecular weight excluding hydrogens is 350 g/mol. The molecule has 0 aromatic heterocycles. The number of nitrogens with zero attached hydrogens (tertiary/aromatic N) is 1. The SMILES string of the molecule is C/C(=N/NC(=O)c1cccc(Cl)c1)[C@H](c1ccccc1)[NH+]1CCOCC1. The summed E-state index contributed by atoms with van der Waals surface area (Å²) in [7, 11) is 0. The topological polar surface area (TPSA) is 55.1 Å². The standard InChI is InChI=1S/C20H22ClN3O2/c1-15(22-23-20(25)17-8-5-9-18(21)14-17)19(16-6-3-2-4-7-16)24-10-12-26-13-11-24/h2-9,14,19H,10-13H2,1H3,(H,23,25)/p+1/b22-15-/t19-/m1/s1. The molecule has 2 N–H and O–H groups in total. The molecule has 1 heterocycles. The number of benzene rings is 2. The van der Waals surface area contributed by atoms with E-state index in [1.807, 2.05) is 25.1 Å². The van der Waals surface area contributed by atoms with Crippen LogP contribution >= 0.6 is 11.6 Å². The van der Waals surface area contributed by atoms with Crippen molar-refractivity contribution in [3.05, 3.63) is 70.7 Å². The first-order valence-electron chi connectivity index (χ1n) is 8.72. The van der Waals surface area contributed by atoms with Gasteiger partial charge >= 0.3 is 0 Å². The zero-order chi connectivity index (χ0) is 18.4. The minimum atomic E-state index is -0.268. The quantitative estimate of drug-likeness (QED) is 0.624. The fourth-order valence-electron chi connectivity index (χ4n) is 3.24. The predicted molar refractivity (Wildman–Crippen MR) is 103 cm³/mol. The van der Waals surface area contributed by atoms with Gasteiger partial charge < -0.3 is 9.64 Å². The summed E-state index contributed by atoms with van der Waals surface area (Å²) in [6, 6.07) is 17.2. The van der Waals surface area contributed by atoms with E-state index < -0.39 is 0 Å². The van der Waals surface area contributed by atoms with Crippen LogP contribution in [0.5, 0.6) is 0 Å². The molecule has 1 aliphatic rings. The number of amides is 1. The van der Waals surface area contributed by atoms with Crippen molar-refractivity contribution in [2.24, 2.45) is 5.10 Å². The lowest BCUT2D eigenvalue weighted by molar-refractivity contribution is -0.928. The summed E-state index contributed by atoms with van der Waals surface area (Å²) in [5.41, 5.74) is 5.20. The van der Waals surface area contributed by atoms with Crippen LogP contribution in [0.25, 0.3) is 0 Å². The van der Waals surface area contributed by atoms with Gasteiger partial charge in [-0.3, -0.25) is 4.79 Å². The lowest BCUT2D eigenvalue weighted by Crippen LogP contribution is -3.15. The third kappa shape index (κ3) is 4.69. The van der Waals surface area contributed by atoms with Gasteiger partial charge in [0.1, 0.15) is 13.1 Å². The Labute approximate surface area is 158 Å². The molecule has 1 aliphatic heterocycles. The number of rotatable bonds is 5. The summed E-state index contributed by atoms with van der Waals surface area (Å²) in [5.74, 6) is -0.268. The van der Waals surface area contributed by atoms with Crippen molar-refractivity contribution in [3.8, 4) is 0 Å². The van der Waals surface area contributed by atoms with Gasteiger partial charge in [-0.05, 0) is 25.1 Å². The summed E-state index contributed by atoms with van der Waals surface area (Å²) >= 11 is 5.95. The minimum Gasteiger partial charge on any atom is -0.370 e. The van der Waals surface area contributed by atoms with Crippen molar-refractivity contribution >= 4 is 23.2 Å². The first-order valence-corrected chi connectivity index (χ1v) is 9.10. The maximum atomic E-state index is 12.3. The fraction of sp³-hybridized carbons (Fsp3) is 0.300. The van der Waals surface area contributed by atoms with E-state index in [0.29, 0.717) is 10.6 Å². The second-order valence-corrected chi connectivity index (χ2v) is 6.76. The number of quaternary nitrogens is 1. The molecule has 0 aliphatic carbocycles. The summed E-state index contributed by atoms with van der Waals surface area (Å²) in [6.07, 6.45) is 0.